The van der Waals surface area contributed by atoms with E-state index in [2.05, 4.69) is 20.3 Å². The molecule has 0 saturated heterocycles. The fourth-order valence-corrected chi connectivity index (χ4v) is 3.67. The fourth-order valence-electron chi connectivity index (χ4n) is 3.67. The summed E-state index contributed by atoms with van der Waals surface area (Å²) in [6, 6.07) is 5.50. The van der Waals surface area contributed by atoms with Crippen molar-refractivity contribution in [1.82, 2.24) is 29.1 Å². The topological polar surface area (TPSA) is 76.6 Å². The fraction of sp³-hybridized carbons (Fsp3) is 0.300. The normalized spacial score (nSPS) is 15.6. The molecule has 1 fully saturated rings. The van der Waals surface area contributed by atoms with E-state index in [9.17, 15) is 18.0 Å². The molecule has 1 aliphatic carbocycles. The van der Waals surface area contributed by atoms with Crippen molar-refractivity contribution in [2.75, 3.05) is 0 Å². The van der Waals surface area contributed by atoms with Crippen molar-refractivity contribution in [2.45, 2.75) is 32.0 Å². The number of aromatic nitrogens is 5. The molecule has 1 saturated carbocycles. The number of amides is 1. The van der Waals surface area contributed by atoms with E-state index in [-0.39, 0.29) is 11.3 Å². The van der Waals surface area contributed by atoms with Crippen molar-refractivity contribution in [3.05, 3.63) is 54.4 Å². The lowest BCUT2D eigenvalue weighted by Gasteiger charge is -2.20. The van der Waals surface area contributed by atoms with Gasteiger partial charge in [0, 0.05) is 18.1 Å². The van der Waals surface area contributed by atoms with E-state index < -0.39 is 24.0 Å². The highest BCUT2D eigenvalue weighted by molar-refractivity contribution is 5.98. The number of carbonyl (C=O) groups is 1. The van der Waals surface area contributed by atoms with Crippen molar-refractivity contribution in [3.8, 4) is 11.4 Å². The van der Waals surface area contributed by atoms with E-state index in [1.165, 1.54) is 6.33 Å². The SMILES string of the molecule is Cc1cc(-c2cccc3nccn23)nc2c(C(=O)NC(C3CC3)C(F)(F)F)ncn12. The molecule has 1 N–H and O–H groups in total. The number of nitrogens with zero attached hydrogens (tertiary/aromatic N) is 5. The van der Waals surface area contributed by atoms with Gasteiger partial charge in [-0.2, -0.15) is 13.2 Å². The first kappa shape index (κ1) is 18.6. The van der Waals surface area contributed by atoms with Gasteiger partial charge in [0.1, 0.15) is 18.0 Å². The third-order valence-corrected chi connectivity index (χ3v) is 5.33. The molecule has 1 atom stereocenters. The molecule has 4 aromatic heterocycles. The molecule has 0 radical (unpaired) electrons. The Balaban J connectivity index is 1.57. The number of fused-ring (bicyclic) bond motifs is 2. The number of aryl methyl sites for hydroxylation is 1. The van der Waals surface area contributed by atoms with Gasteiger partial charge in [0.15, 0.2) is 11.3 Å². The van der Waals surface area contributed by atoms with Crippen LogP contribution in [0.25, 0.3) is 22.7 Å². The second kappa shape index (κ2) is 6.54. The van der Waals surface area contributed by atoms with Crippen LogP contribution in [0.1, 0.15) is 29.0 Å². The number of halogens is 3. The number of alkyl halides is 3. The summed E-state index contributed by atoms with van der Waals surface area (Å²) < 4.78 is 43.4. The van der Waals surface area contributed by atoms with Crippen LogP contribution >= 0.6 is 0 Å². The first-order valence-corrected chi connectivity index (χ1v) is 9.47. The molecule has 0 aromatic carbocycles. The minimum Gasteiger partial charge on any atom is -0.339 e. The molecule has 4 aromatic rings. The van der Waals surface area contributed by atoms with Crippen molar-refractivity contribution >= 4 is 17.2 Å². The van der Waals surface area contributed by atoms with Gasteiger partial charge in [-0.1, -0.05) is 6.07 Å². The van der Waals surface area contributed by atoms with Crippen molar-refractivity contribution in [1.29, 1.82) is 0 Å². The Kier molecular flexibility index (Phi) is 4.05. The summed E-state index contributed by atoms with van der Waals surface area (Å²) in [6.45, 7) is 1.82. The molecule has 0 spiro atoms. The summed E-state index contributed by atoms with van der Waals surface area (Å²) >= 11 is 0. The molecule has 1 aliphatic rings. The molecule has 0 bridgehead atoms. The van der Waals surface area contributed by atoms with Gasteiger partial charge in [0.05, 0.1) is 11.4 Å². The van der Waals surface area contributed by atoms with Crippen molar-refractivity contribution in [3.63, 3.8) is 0 Å². The van der Waals surface area contributed by atoms with E-state index >= 15 is 0 Å². The van der Waals surface area contributed by atoms with Crippen LogP contribution in [0.5, 0.6) is 0 Å². The van der Waals surface area contributed by atoms with Crippen LogP contribution in [0, 0.1) is 12.8 Å². The number of rotatable bonds is 4. The van der Waals surface area contributed by atoms with Gasteiger partial charge >= 0.3 is 6.18 Å². The van der Waals surface area contributed by atoms with Crippen molar-refractivity contribution < 1.29 is 18.0 Å². The highest BCUT2D eigenvalue weighted by Gasteiger charge is 2.50. The molecule has 1 amide bonds. The van der Waals surface area contributed by atoms with Gasteiger partial charge in [-0.3, -0.25) is 13.6 Å². The first-order chi connectivity index (χ1) is 14.3. The minimum absolute atomic E-state index is 0.132. The Morgan fingerprint density at radius 1 is 1.23 bits per heavy atom. The molecule has 154 valence electrons. The van der Waals surface area contributed by atoms with Gasteiger partial charge in [-0.25, -0.2) is 15.0 Å². The van der Waals surface area contributed by atoms with Gasteiger partial charge in [0.2, 0.25) is 0 Å². The zero-order valence-electron chi connectivity index (χ0n) is 15.9. The summed E-state index contributed by atoms with van der Waals surface area (Å²) in [5.74, 6) is -1.46. The van der Waals surface area contributed by atoms with Gasteiger partial charge in [-0.15, -0.1) is 0 Å². The summed E-state index contributed by atoms with van der Waals surface area (Å²) in [5, 5.41) is 2.12. The summed E-state index contributed by atoms with van der Waals surface area (Å²) in [7, 11) is 0. The zero-order valence-corrected chi connectivity index (χ0v) is 15.9. The molecule has 5 rings (SSSR count). The zero-order chi connectivity index (χ0) is 21.0. The van der Waals surface area contributed by atoms with E-state index in [1.54, 1.807) is 16.8 Å². The van der Waals surface area contributed by atoms with Crippen LogP contribution in [-0.2, 0) is 0 Å². The smallest absolute Gasteiger partial charge is 0.339 e. The third-order valence-electron chi connectivity index (χ3n) is 5.33. The second-order valence-electron chi connectivity index (χ2n) is 7.47. The number of carbonyl (C=O) groups excluding carboxylic acids is 1. The van der Waals surface area contributed by atoms with Crippen LogP contribution in [-0.4, -0.2) is 41.9 Å². The summed E-state index contributed by atoms with van der Waals surface area (Å²) in [4.78, 5) is 25.6. The third kappa shape index (κ3) is 3.08. The quantitative estimate of drug-likeness (QED) is 0.555. The molecule has 4 heterocycles. The molecular formula is C20H17F3N6O. The molecule has 1 unspecified atom stereocenters. The number of pyridine rings is 1. The Morgan fingerprint density at radius 2 is 2.03 bits per heavy atom. The molecule has 30 heavy (non-hydrogen) atoms. The number of hydrogen-bond donors (Lipinski definition) is 1. The van der Waals surface area contributed by atoms with E-state index in [1.807, 2.05) is 35.6 Å². The summed E-state index contributed by atoms with van der Waals surface area (Å²) in [6.07, 6.45) is 1.25. The minimum atomic E-state index is -4.50. The van der Waals surface area contributed by atoms with Crippen molar-refractivity contribution in [2.24, 2.45) is 5.92 Å². The highest BCUT2D eigenvalue weighted by Crippen LogP contribution is 2.40. The Bertz CT molecular complexity index is 1270. The maximum atomic E-state index is 13.3. The lowest BCUT2D eigenvalue weighted by Crippen LogP contribution is -2.47. The maximum absolute atomic E-state index is 13.3. The lowest BCUT2D eigenvalue weighted by atomic mass is 10.1. The van der Waals surface area contributed by atoms with Crippen LogP contribution < -0.4 is 5.32 Å². The van der Waals surface area contributed by atoms with Gasteiger partial charge < -0.3 is 5.32 Å². The number of imidazole rings is 2. The molecule has 7 nitrogen and oxygen atoms in total. The first-order valence-electron chi connectivity index (χ1n) is 9.47. The number of hydrogen-bond acceptors (Lipinski definition) is 4. The van der Waals surface area contributed by atoms with E-state index in [0.29, 0.717) is 18.5 Å². The molecule has 10 heteroatoms. The molecular weight excluding hydrogens is 397 g/mol. The highest BCUT2D eigenvalue weighted by atomic mass is 19.4. The van der Waals surface area contributed by atoms with Crippen LogP contribution in [0.4, 0.5) is 13.2 Å². The van der Waals surface area contributed by atoms with Crippen LogP contribution in [0.3, 0.4) is 0 Å². The Hall–Kier alpha value is -3.43. The van der Waals surface area contributed by atoms with Crippen LogP contribution in [0.2, 0.25) is 0 Å². The summed E-state index contributed by atoms with van der Waals surface area (Å²) in [5.41, 5.74) is 2.86. The van der Waals surface area contributed by atoms with Gasteiger partial charge in [-0.05, 0) is 43.9 Å². The largest absolute Gasteiger partial charge is 0.408 e. The van der Waals surface area contributed by atoms with Gasteiger partial charge in [0.25, 0.3) is 5.91 Å². The predicted molar refractivity (Wildman–Crippen MR) is 102 cm³/mol. The van der Waals surface area contributed by atoms with Crippen LogP contribution in [0.15, 0.2) is 43.0 Å². The number of nitrogens with one attached hydrogen (secondary N) is 1. The predicted octanol–water partition coefficient (Wildman–Crippen LogP) is 3.42. The average molecular weight is 414 g/mol. The standard InChI is InChI=1S/C20H17F3N6O/c1-11-9-13(14-3-2-4-15-24-7-8-28(14)15)26-18-16(25-10-29(11)18)19(30)27-17(12-5-6-12)20(21,22)23/h2-4,7-10,12,17H,5-6H2,1H3,(H,27,30). The Labute approximate surface area is 168 Å². The lowest BCUT2D eigenvalue weighted by molar-refractivity contribution is -0.158. The maximum Gasteiger partial charge on any atom is 0.408 e. The Morgan fingerprint density at radius 3 is 2.77 bits per heavy atom. The van der Waals surface area contributed by atoms with E-state index in [4.69, 9.17) is 0 Å². The average Bonchev–Trinajstić information content (AvgIpc) is 3.23. The van der Waals surface area contributed by atoms with E-state index in [0.717, 1.165) is 17.0 Å². The monoisotopic (exact) mass is 414 g/mol. The molecule has 0 aliphatic heterocycles. The second-order valence-corrected chi connectivity index (χ2v) is 7.47.